The van der Waals surface area contributed by atoms with E-state index in [0.29, 0.717) is 12.2 Å². The fourth-order valence-electron chi connectivity index (χ4n) is 1.56. The number of carbonyl (C=O) groups is 2. The molecule has 2 N–H and O–H groups in total. The van der Waals surface area contributed by atoms with E-state index in [2.05, 4.69) is 10.6 Å². The van der Waals surface area contributed by atoms with E-state index >= 15 is 0 Å². The van der Waals surface area contributed by atoms with Crippen molar-refractivity contribution in [2.24, 2.45) is 0 Å². The van der Waals surface area contributed by atoms with Crippen molar-refractivity contribution in [3.63, 3.8) is 0 Å². The van der Waals surface area contributed by atoms with Crippen LogP contribution in [-0.2, 0) is 9.59 Å². The fraction of sp³-hybridized carbons (Fsp3) is 0.429. The Hall–Kier alpha value is -1.88. The number of nitrogens with one attached hydrogen (secondary N) is 2. The lowest BCUT2D eigenvalue weighted by Crippen LogP contribution is -2.30. The second-order valence-electron chi connectivity index (χ2n) is 4.60. The molecular formula is C14H21N3O2. The number of amides is 2. The molecule has 0 unspecified atom stereocenters. The molecule has 1 rings (SSSR count). The molecule has 104 valence electrons. The van der Waals surface area contributed by atoms with Gasteiger partial charge in [0.05, 0.1) is 0 Å². The second kappa shape index (κ2) is 8.26. The third-order valence-electron chi connectivity index (χ3n) is 2.48. The molecule has 0 aliphatic heterocycles. The average Bonchev–Trinajstić information content (AvgIpc) is 2.35. The summed E-state index contributed by atoms with van der Waals surface area (Å²) in [6, 6.07) is 9.10. The molecule has 5 heteroatoms. The number of nitrogens with zero attached hydrogens (tertiary/aromatic N) is 1. The van der Waals surface area contributed by atoms with Crippen molar-refractivity contribution in [2.75, 3.05) is 32.5 Å². The predicted molar refractivity (Wildman–Crippen MR) is 75.9 cm³/mol. The number of benzene rings is 1. The lowest BCUT2D eigenvalue weighted by Gasteiger charge is -2.10. The maximum atomic E-state index is 11.6. The van der Waals surface area contributed by atoms with Gasteiger partial charge in [-0.25, -0.2) is 0 Å². The molecule has 0 radical (unpaired) electrons. The van der Waals surface area contributed by atoms with Crippen LogP contribution in [0.15, 0.2) is 30.3 Å². The maximum absolute atomic E-state index is 11.6. The summed E-state index contributed by atoms with van der Waals surface area (Å²) in [4.78, 5) is 25.1. The Balaban J connectivity index is 2.19. The van der Waals surface area contributed by atoms with Gasteiger partial charge in [-0.15, -0.1) is 0 Å². The second-order valence-corrected chi connectivity index (χ2v) is 4.60. The third kappa shape index (κ3) is 7.21. The highest BCUT2D eigenvalue weighted by Crippen LogP contribution is 2.05. The molecule has 1 aromatic carbocycles. The van der Waals surface area contributed by atoms with E-state index in [1.165, 1.54) is 0 Å². The van der Waals surface area contributed by atoms with E-state index in [9.17, 15) is 9.59 Å². The zero-order valence-corrected chi connectivity index (χ0v) is 11.5. The molecule has 0 fully saturated rings. The van der Waals surface area contributed by atoms with Gasteiger partial charge in [-0.05, 0) is 39.2 Å². The van der Waals surface area contributed by atoms with E-state index < -0.39 is 0 Å². The molecule has 0 aliphatic carbocycles. The van der Waals surface area contributed by atoms with Crippen molar-refractivity contribution < 1.29 is 9.59 Å². The third-order valence-corrected chi connectivity index (χ3v) is 2.48. The zero-order chi connectivity index (χ0) is 14.1. The number of rotatable bonds is 7. The lowest BCUT2D eigenvalue weighted by molar-refractivity contribution is -0.126. The number of carbonyl (C=O) groups excluding carboxylic acids is 2. The molecule has 0 atom stereocenters. The van der Waals surface area contributed by atoms with Gasteiger partial charge >= 0.3 is 0 Å². The molecule has 2 amide bonds. The monoisotopic (exact) mass is 263 g/mol. The van der Waals surface area contributed by atoms with Gasteiger partial charge in [0.2, 0.25) is 11.8 Å². The van der Waals surface area contributed by atoms with E-state index in [4.69, 9.17) is 0 Å². The Morgan fingerprint density at radius 3 is 2.42 bits per heavy atom. The Bertz CT molecular complexity index is 404. The van der Waals surface area contributed by atoms with Gasteiger partial charge in [0.15, 0.2) is 0 Å². The summed E-state index contributed by atoms with van der Waals surface area (Å²) in [5, 5.41) is 5.40. The molecule has 0 saturated carbocycles. The Labute approximate surface area is 114 Å². The van der Waals surface area contributed by atoms with Gasteiger partial charge in [-0.2, -0.15) is 0 Å². The quantitative estimate of drug-likeness (QED) is 0.571. The fourth-order valence-corrected chi connectivity index (χ4v) is 1.56. The highest BCUT2D eigenvalue weighted by Gasteiger charge is 2.08. The summed E-state index contributed by atoms with van der Waals surface area (Å²) in [6.45, 7) is 1.51. The first-order valence-corrected chi connectivity index (χ1v) is 6.34. The first kappa shape index (κ1) is 15.2. The van der Waals surface area contributed by atoms with Crippen molar-refractivity contribution in [1.29, 1.82) is 0 Å². The number of hydrogen-bond acceptors (Lipinski definition) is 3. The smallest absolute Gasteiger partial charge is 0.233 e. The molecule has 19 heavy (non-hydrogen) atoms. The SMILES string of the molecule is CN(C)CCCNC(=O)CC(=O)Nc1ccccc1. The normalized spacial score (nSPS) is 10.3. The van der Waals surface area contributed by atoms with E-state index in [0.717, 1.165) is 13.0 Å². The molecule has 0 heterocycles. The Morgan fingerprint density at radius 1 is 1.11 bits per heavy atom. The number of hydrogen-bond donors (Lipinski definition) is 2. The molecule has 5 nitrogen and oxygen atoms in total. The standard InChI is InChI=1S/C14H21N3O2/c1-17(2)10-6-9-15-13(18)11-14(19)16-12-7-4-3-5-8-12/h3-5,7-8H,6,9-11H2,1-2H3,(H,15,18)(H,16,19). The van der Waals surface area contributed by atoms with Gasteiger partial charge in [0.1, 0.15) is 6.42 Å². The minimum absolute atomic E-state index is 0.142. The zero-order valence-electron chi connectivity index (χ0n) is 11.5. The van der Waals surface area contributed by atoms with Crippen LogP contribution in [0.5, 0.6) is 0 Å². The molecular weight excluding hydrogens is 242 g/mol. The highest BCUT2D eigenvalue weighted by molar-refractivity contribution is 6.03. The van der Waals surface area contributed by atoms with Gasteiger partial charge < -0.3 is 15.5 Å². The highest BCUT2D eigenvalue weighted by atomic mass is 16.2. The van der Waals surface area contributed by atoms with Crippen molar-refractivity contribution >= 4 is 17.5 Å². The first-order chi connectivity index (χ1) is 9.08. The van der Waals surface area contributed by atoms with Crippen LogP contribution in [-0.4, -0.2) is 43.9 Å². The maximum Gasteiger partial charge on any atom is 0.233 e. The van der Waals surface area contributed by atoms with E-state index in [-0.39, 0.29) is 18.2 Å². The summed E-state index contributed by atoms with van der Waals surface area (Å²) in [5.41, 5.74) is 0.702. The van der Waals surface area contributed by atoms with Crippen molar-refractivity contribution in [3.8, 4) is 0 Å². The van der Waals surface area contributed by atoms with Crippen LogP contribution in [0, 0.1) is 0 Å². The Kier molecular flexibility index (Phi) is 6.60. The van der Waals surface area contributed by atoms with Crippen LogP contribution in [0.3, 0.4) is 0 Å². The molecule has 0 aliphatic rings. The van der Waals surface area contributed by atoms with E-state index in [1.807, 2.05) is 37.2 Å². The number of para-hydroxylation sites is 1. The van der Waals surface area contributed by atoms with Gasteiger partial charge in [0.25, 0.3) is 0 Å². The first-order valence-electron chi connectivity index (χ1n) is 6.34. The van der Waals surface area contributed by atoms with Crippen LogP contribution in [0.25, 0.3) is 0 Å². The summed E-state index contributed by atoms with van der Waals surface area (Å²) >= 11 is 0. The van der Waals surface area contributed by atoms with E-state index in [1.54, 1.807) is 12.1 Å². The Morgan fingerprint density at radius 2 is 1.79 bits per heavy atom. The predicted octanol–water partition coefficient (Wildman–Crippen LogP) is 1.08. The van der Waals surface area contributed by atoms with Crippen LogP contribution in [0.1, 0.15) is 12.8 Å². The average molecular weight is 263 g/mol. The summed E-state index contributed by atoms with van der Waals surface area (Å²) < 4.78 is 0. The molecule has 1 aromatic rings. The van der Waals surface area contributed by atoms with Crippen molar-refractivity contribution in [2.45, 2.75) is 12.8 Å². The molecule has 0 bridgehead atoms. The minimum atomic E-state index is -0.295. The van der Waals surface area contributed by atoms with Crippen LogP contribution >= 0.6 is 0 Å². The van der Waals surface area contributed by atoms with Crippen LogP contribution in [0.4, 0.5) is 5.69 Å². The molecule has 0 spiro atoms. The van der Waals surface area contributed by atoms with Crippen LogP contribution in [0.2, 0.25) is 0 Å². The summed E-state index contributed by atoms with van der Waals surface area (Å²) in [6.07, 6.45) is 0.732. The largest absolute Gasteiger partial charge is 0.356 e. The van der Waals surface area contributed by atoms with Crippen LogP contribution < -0.4 is 10.6 Å². The number of anilines is 1. The minimum Gasteiger partial charge on any atom is -0.356 e. The summed E-state index contributed by atoms with van der Waals surface area (Å²) in [7, 11) is 3.96. The lowest BCUT2D eigenvalue weighted by atomic mass is 10.3. The topological polar surface area (TPSA) is 61.4 Å². The van der Waals surface area contributed by atoms with Gasteiger partial charge in [0, 0.05) is 12.2 Å². The van der Waals surface area contributed by atoms with Crippen molar-refractivity contribution in [1.82, 2.24) is 10.2 Å². The summed E-state index contributed by atoms with van der Waals surface area (Å²) in [5.74, 6) is -0.538. The molecule has 0 saturated heterocycles. The van der Waals surface area contributed by atoms with Crippen molar-refractivity contribution in [3.05, 3.63) is 30.3 Å². The van der Waals surface area contributed by atoms with Gasteiger partial charge in [-0.3, -0.25) is 9.59 Å². The molecule has 0 aromatic heterocycles. The van der Waals surface area contributed by atoms with Gasteiger partial charge in [-0.1, -0.05) is 18.2 Å².